The molecule has 4 heteroatoms. The second kappa shape index (κ2) is 7.53. The number of thiazole rings is 1. The predicted molar refractivity (Wildman–Crippen MR) is 87.3 cm³/mol. The van der Waals surface area contributed by atoms with Crippen LogP contribution in [-0.2, 0) is 6.54 Å². The highest BCUT2D eigenvalue weighted by molar-refractivity contribution is 7.09. The van der Waals surface area contributed by atoms with E-state index in [9.17, 15) is 0 Å². The first-order chi connectivity index (χ1) is 9.54. The monoisotopic (exact) mass is 295 g/mol. The van der Waals surface area contributed by atoms with E-state index in [1.165, 1.54) is 36.6 Å². The minimum absolute atomic E-state index is 0.554. The lowest BCUT2D eigenvalue weighted by atomic mass is 9.97. The molecule has 1 unspecified atom stereocenters. The van der Waals surface area contributed by atoms with Crippen molar-refractivity contribution in [3.05, 3.63) is 16.1 Å². The van der Waals surface area contributed by atoms with Gasteiger partial charge in [-0.05, 0) is 31.8 Å². The summed E-state index contributed by atoms with van der Waals surface area (Å²) >= 11 is 1.81. The molecular formula is C16H29N3S. The third kappa shape index (κ3) is 4.83. The Kier molecular flexibility index (Phi) is 6.00. The fourth-order valence-electron chi connectivity index (χ4n) is 2.75. The van der Waals surface area contributed by atoms with Gasteiger partial charge in [-0.1, -0.05) is 27.7 Å². The number of aromatic nitrogens is 1. The quantitative estimate of drug-likeness (QED) is 0.871. The fraction of sp³-hybridized carbons (Fsp3) is 0.812. The van der Waals surface area contributed by atoms with Crippen LogP contribution in [0.3, 0.4) is 0 Å². The highest BCUT2D eigenvalue weighted by Crippen LogP contribution is 2.22. The molecule has 1 aromatic rings. The molecule has 0 bridgehead atoms. The molecule has 1 fully saturated rings. The lowest BCUT2D eigenvalue weighted by Gasteiger charge is -2.32. The van der Waals surface area contributed by atoms with Gasteiger partial charge in [0.2, 0.25) is 0 Å². The molecule has 0 amide bonds. The number of piperidine rings is 1. The molecule has 1 aliphatic heterocycles. The summed E-state index contributed by atoms with van der Waals surface area (Å²) in [4.78, 5) is 7.34. The number of hydrogen-bond donors (Lipinski definition) is 1. The smallest absolute Gasteiger partial charge is 0.0954 e. The van der Waals surface area contributed by atoms with Crippen molar-refractivity contribution in [2.75, 3.05) is 19.6 Å². The average Bonchev–Trinajstić information content (AvgIpc) is 2.85. The Hall–Kier alpha value is -0.450. The maximum atomic E-state index is 4.76. The number of nitrogens with zero attached hydrogens (tertiary/aromatic N) is 2. The van der Waals surface area contributed by atoms with Crippen LogP contribution in [0.1, 0.15) is 57.2 Å². The van der Waals surface area contributed by atoms with Crippen LogP contribution in [0.2, 0.25) is 0 Å². The van der Waals surface area contributed by atoms with Gasteiger partial charge in [0.05, 0.1) is 10.7 Å². The number of likely N-dealkylation sites (tertiary alicyclic amines) is 1. The van der Waals surface area contributed by atoms with E-state index in [-0.39, 0.29) is 0 Å². The van der Waals surface area contributed by atoms with Gasteiger partial charge in [-0.15, -0.1) is 11.3 Å². The van der Waals surface area contributed by atoms with Crippen molar-refractivity contribution in [3.8, 4) is 0 Å². The van der Waals surface area contributed by atoms with Crippen molar-refractivity contribution < 1.29 is 0 Å². The van der Waals surface area contributed by atoms with E-state index >= 15 is 0 Å². The first-order valence-electron chi connectivity index (χ1n) is 7.94. The highest BCUT2D eigenvalue weighted by Gasteiger charge is 2.20. The van der Waals surface area contributed by atoms with Crippen LogP contribution >= 0.6 is 11.3 Å². The molecular weight excluding hydrogens is 266 g/mol. The molecule has 2 rings (SSSR count). The van der Waals surface area contributed by atoms with Gasteiger partial charge in [0.25, 0.3) is 0 Å². The van der Waals surface area contributed by atoms with Crippen LogP contribution < -0.4 is 5.32 Å². The first-order valence-corrected chi connectivity index (χ1v) is 8.82. The molecule has 0 aliphatic carbocycles. The van der Waals surface area contributed by atoms with Gasteiger partial charge in [0.15, 0.2) is 0 Å². The molecule has 0 spiro atoms. The summed E-state index contributed by atoms with van der Waals surface area (Å²) in [5.41, 5.74) is 1.26. The summed E-state index contributed by atoms with van der Waals surface area (Å²) in [6, 6.07) is 0.595. The van der Waals surface area contributed by atoms with Gasteiger partial charge in [0.1, 0.15) is 0 Å². The van der Waals surface area contributed by atoms with Crippen LogP contribution in [0.5, 0.6) is 0 Å². The summed E-state index contributed by atoms with van der Waals surface area (Å²) in [7, 11) is 0. The molecule has 1 aliphatic rings. The molecule has 20 heavy (non-hydrogen) atoms. The number of hydrogen-bond acceptors (Lipinski definition) is 4. The zero-order valence-corrected chi connectivity index (χ0v) is 14.2. The highest BCUT2D eigenvalue weighted by atomic mass is 32.1. The molecule has 0 aromatic carbocycles. The van der Waals surface area contributed by atoms with Crippen molar-refractivity contribution >= 4 is 11.3 Å². The van der Waals surface area contributed by atoms with Crippen molar-refractivity contribution in [1.82, 2.24) is 15.2 Å². The van der Waals surface area contributed by atoms with Gasteiger partial charge in [-0.25, -0.2) is 4.98 Å². The van der Waals surface area contributed by atoms with Crippen molar-refractivity contribution in [2.45, 2.75) is 59.0 Å². The SMILES string of the molecule is CC(C)NCC1CCCN(Cc2csc(C(C)C)n2)C1. The van der Waals surface area contributed by atoms with Crippen LogP contribution in [0.25, 0.3) is 0 Å². The van der Waals surface area contributed by atoms with E-state index in [4.69, 9.17) is 4.98 Å². The average molecular weight is 295 g/mol. The van der Waals surface area contributed by atoms with E-state index in [2.05, 4.69) is 43.3 Å². The molecule has 1 aromatic heterocycles. The van der Waals surface area contributed by atoms with Crippen molar-refractivity contribution in [2.24, 2.45) is 5.92 Å². The van der Waals surface area contributed by atoms with Crippen LogP contribution in [0.15, 0.2) is 5.38 Å². The molecule has 2 heterocycles. The maximum absolute atomic E-state index is 4.76. The van der Waals surface area contributed by atoms with Gasteiger partial charge in [0, 0.05) is 30.4 Å². The Morgan fingerprint density at radius 2 is 2.20 bits per heavy atom. The number of rotatable bonds is 6. The van der Waals surface area contributed by atoms with E-state index in [1.807, 2.05) is 11.3 Å². The van der Waals surface area contributed by atoms with Crippen LogP contribution in [-0.4, -0.2) is 35.6 Å². The molecule has 1 N–H and O–H groups in total. The lowest BCUT2D eigenvalue weighted by Crippen LogP contribution is -2.40. The van der Waals surface area contributed by atoms with E-state index in [1.54, 1.807) is 0 Å². The first kappa shape index (κ1) is 15.9. The van der Waals surface area contributed by atoms with E-state index < -0.39 is 0 Å². The van der Waals surface area contributed by atoms with E-state index in [0.717, 1.165) is 19.0 Å². The minimum Gasteiger partial charge on any atom is -0.314 e. The molecule has 0 radical (unpaired) electrons. The molecule has 114 valence electrons. The van der Waals surface area contributed by atoms with Crippen molar-refractivity contribution in [1.29, 1.82) is 0 Å². The van der Waals surface area contributed by atoms with Crippen LogP contribution in [0, 0.1) is 5.92 Å². The minimum atomic E-state index is 0.554. The zero-order chi connectivity index (χ0) is 14.5. The Morgan fingerprint density at radius 1 is 1.40 bits per heavy atom. The van der Waals surface area contributed by atoms with Crippen molar-refractivity contribution in [3.63, 3.8) is 0 Å². The third-order valence-electron chi connectivity index (χ3n) is 3.87. The predicted octanol–water partition coefficient (Wildman–Crippen LogP) is 3.48. The largest absolute Gasteiger partial charge is 0.314 e. The molecule has 0 saturated carbocycles. The molecule has 1 saturated heterocycles. The fourth-order valence-corrected chi connectivity index (χ4v) is 3.58. The zero-order valence-electron chi connectivity index (χ0n) is 13.4. The molecule has 3 nitrogen and oxygen atoms in total. The summed E-state index contributed by atoms with van der Waals surface area (Å²) < 4.78 is 0. The Labute approximate surface area is 127 Å². The summed E-state index contributed by atoms with van der Waals surface area (Å²) in [5, 5.41) is 7.09. The molecule has 1 atom stereocenters. The summed E-state index contributed by atoms with van der Waals surface area (Å²) in [6.07, 6.45) is 2.69. The standard InChI is InChI=1S/C16H29N3S/c1-12(2)16-18-15(11-20-16)10-19-7-5-6-14(9-19)8-17-13(3)4/h11-14,17H,5-10H2,1-4H3. The second-order valence-corrected chi connectivity index (χ2v) is 7.53. The van der Waals surface area contributed by atoms with Gasteiger partial charge in [-0.2, -0.15) is 0 Å². The maximum Gasteiger partial charge on any atom is 0.0954 e. The lowest BCUT2D eigenvalue weighted by molar-refractivity contribution is 0.162. The Morgan fingerprint density at radius 3 is 2.85 bits per heavy atom. The Balaban J connectivity index is 1.82. The summed E-state index contributed by atoms with van der Waals surface area (Å²) in [6.45, 7) is 13.5. The Bertz CT molecular complexity index is 400. The topological polar surface area (TPSA) is 28.2 Å². The van der Waals surface area contributed by atoms with E-state index in [0.29, 0.717) is 12.0 Å². The van der Waals surface area contributed by atoms with Gasteiger partial charge < -0.3 is 5.32 Å². The van der Waals surface area contributed by atoms with Crippen LogP contribution in [0.4, 0.5) is 0 Å². The normalized spacial score (nSPS) is 21.0. The second-order valence-electron chi connectivity index (χ2n) is 6.64. The van der Waals surface area contributed by atoms with Gasteiger partial charge >= 0.3 is 0 Å². The third-order valence-corrected chi connectivity index (χ3v) is 5.06. The summed E-state index contributed by atoms with van der Waals surface area (Å²) in [5.74, 6) is 1.35. The number of nitrogens with one attached hydrogen (secondary N) is 1. The van der Waals surface area contributed by atoms with Gasteiger partial charge in [-0.3, -0.25) is 4.90 Å².